The predicted octanol–water partition coefficient (Wildman–Crippen LogP) is 0.830. The Labute approximate surface area is 125 Å². The van der Waals surface area contributed by atoms with Crippen LogP contribution in [0.3, 0.4) is 0 Å². The van der Waals surface area contributed by atoms with Gasteiger partial charge in [-0.25, -0.2) is 4.79 Å². The van der Waals surface area contributed by atoms with Crippen molar-refractivity contribution in [3.8, 4) is 0 Å². The average Bonchev–Trinajstić information content (AvgIpc) is 2.67. The zero-order valence-corrected chi connectivity index (χ0v) is 13.1. The van der Waals surface area contributed by atoms with Crippen LogP contribution >= 0.6 is 0 Å². The van der Waals surface area contributed by atoms with Crippen molar-refractivity contribution in [3.05, 3.63) is 11.6 Å². The van der Waals surface area contributed by atoms with Crippen molar-refractivity contribution in [2.75, 3.05) is 19.6 Å². The van der Waals surface area contributed by atoms with Crippen molar-refractivity contribution >= 4 is 6.03 Å². The lowest BCUT2D eigenvalue weighted by Crippen LogP contribution is -2.39. The number of amides is 2. The molecule has 0 saturated heterocycles. The number of hydrogen-bond acceptors (Lipinski definition) is 4. The molecule has 2 heterocycles. The molecule has 118 valence electrons. The van der Waals surface area contributed by atoms with Gasteiger partial charge in [0.05, 0.1) is 6.04 Å². The van der Waals surface area contributed by atoms with E-state index in [4.69, 9.17) is 0 Å². The number of carbonyl (C=O) groups is 1. The van der Waals surface area contributed by atoms with E-state index in [1.807, 2.05) is 6.92 Å². The number of nitrogens with one attached hydrogen (secondary N) is 3. The van der Waals surface area contributed by atoms with Gasteiger partial charge in [-0.3, -0.25) is 0 Å². The highest BCUT2D eigenvalue weighted by atomic mass is 16.2. The minimum Gasteiger partial charge on any atom is -0.338 e. The van der Waals surface area contributed by atoms with Crippen molar-refractivity contribution in [2.45, 2.75) is 46.2 Å². The van der Waals surface area contributed by atoms with Crippen LogP contribution in [0.5, 0.6) is 0 Å². The van der Waals surface area contributed by atoms with Crippen LogP contribution in [0.25, 0.3) is 0 Å². The molecule has 2 amide bonds. The lowest BCUT2D eigenvalue weighted by Gasteiger charge is -2.21. The minimum atomic E-state index is -0.146. The number of aromatic nitrogens is 3. The number of hydrogen-bond donors (Lipinski definition) is 3. The van der Waals surface area contributed by atoms with E-state index in [2.05, 4.69) is 44.6 Å². The molecule has 7 nitrogen and oxygen atoms in total. The number of urea groups is 1. The van der Waals surface area contributed by atoms with E-state index < -0.39 is 0 Å². The van der Waals surface area contributed by atoms with Crippen molar-refractivity contribution < 1.29 is 4.79 Å². The molecule has 3 N–H and O–H groups in total. The van der Waals surface area contributed by atoms with E-state index in [1.54, 1.807) is 0 Å². The van der Waals surface area contributed by atoms with Gasteiger partial charge in [-0.15, -0.1) is 10.2 Å². The Balaban J connectivity index is 2.19. The second-order valence-electron chi connectivity index (χ2n) is 5.81. The van der Waals surface area contributed by atoms with Gasteiger partial charge in [0.1, 0.15) is 5.82 Å². The zero-order chi connectivity index (χ0) is 15.2. The molecule has 0 radical (unpaired) electrons. The summed E-state index contributed by atoms with van der Waals surface area (Å²) >= 11 is 0. The highest BCUT2D eigenvalue weighted by molar-refractivity contribution is 5.74. The SMILES string of the molecule is CCNC(=O)N[C@@H](CC(C)C)c1nnc2n1CCNCC2. The molecule has 1 aliphatic heterocycles. The Hall–Kier alpha value is -1.63. The third-order valence-corrected chi connectivity index (χ3v) is 3.56. The molecule has 0 aliphatic carbocycles. The quantitative estimate of drug-likeness (QED) is 0.751. The third-order valence-electron chi connectivity index (χ3n) is 3.56. The highest BCUT2D eigenvalue weighted by Gasteiger charge is 2.24. The molecule has 0 unspecified atom stereocenters. The molecule has 0 spiro atoms. The molecule has 21 heavy (non-hydrogen) atoms. The summed E-state index contributed by atoms with van der Waals surface area (Å²) in [5.41, 5.74) is 0. The van der Waals surface area contributed by atoms with Crippen molar-refractivity contribution in [3.63, 3.8) is 0 Å². The maximum atomic E-state index is 11.9. The lowest BCUT2D eigenvalue weighted by atomic mass is 10.0. The van der Waals surface area contributed by atoms with Crippen molar-refractivity contribution in [1.29, 1.82) is 0 Å². The van der Waals surface area contributed by atoms with Crippen LogP contribution in [0, 0.1) is 5.92 Å². The molecule has 1 atom stereocenters. The van der Waals surface area contributed by atoms with E-state index in [9.17, 15) is 4.79 Å². The molecule has 0 aromatic carbocycles. The molecule has 0 fully saturated rings. The molecule has 0 bridgehead atoms. The smallest absolute Gasteiger partial charge is 0.315 e. The molecular weight excluding hydrogens is 268 g/mol. The monoisotopic (exact) mass is 294 g/mol. The summed E-state index contributed by atoms with van der Waals surface area (Å²) in [5, 5.41) is 17.8. The Morgan fingerprint density at radius 2 is 2.19 bits per heavy atom. The minimum absolute atomic E-state index is 0.101. The fraction of sp³-hybridized carbons (Fsp3) is 0.786. The maximum Gasteiger partial charge on any atom is 0.315 e. The second-order valence-corrected chi connectivity index (χ2v) is 5.81. The van der Waals surface area contributed by atoms with Gasteiger partial charge >= 0.3 is 6.03 Å². The van der Waals surface area contributed by atoms with E-state index in [1.165, 1.54) is 0 Å². The lowest BCUT2D eigenvalue weighted by molar-refractivity contribution is 0.234. The summed E-state index contributed by atoms with van der Waals surface area (Å²) in [4.78, 5) is 11.9. The third kappa shape index (κ3) is 4.17. The highest BCUT2D eigenvalue weighted by Crippen LogP contribution is 2.21. The number of carbonyl (C=O) groups excluding carboxylic acids is 1. The maximum absolute atomic E-state index is 11.9. The Bertz CT molecular complexity index is 470. The van der Waals surface area contributed by atoms with E-state index in [0.717, 1.165) is 44.1 Å². The van der Waals surface area contributed by atoms with Crippen LogP contribution in [0.15, 0.2) is 0 Å². The van der Waals surface area contributed by atoms with Crippen molar-refractivity contribution in [2.24, 2.45) is 5.92 Å². The molecule has 2 rings (SSSR count). The molecule has 0 saturated carbocycles. The normalized spacial score (nSPS) is 16.2. The molecule has 7 heteroatoms. The Morgan fingerprint density at radius 3 is 2.90 bits per heavy atom. The first-order chi connectivity index (χ1) is 10.1. The second kappa shape index (κ2) is 7.40. The van der Waals surface area contributed by atoms with Crippen LogP contribution in [-0.2, 0) is 13.0 Å². The van der Waals surface area contributed by atoms with Crippen LogP contribution in [0.2, 0.25) is 0 Å². The largest absolute Gasteiger partial charge is 0.338 e. The summed E-state index contributed by atoms with van der Waals surface area (Å²) in [6.45, 7) is 9.50. The number of fused-ring (bicyclic) bond motifs is 1. The van der Waals surface area contributed by atoms with Gasteiger partial charge in [0.15, 0.2) is 5.82 Å². The van der Waals surface area contributed by atoms with Crippen LogP contribution in [0.4, 0.5) is 4.79 Å². The molecule has 1 aliphatic rings. The van der Waals surface area contributed by atoms with Crippen molar-refractivity contribution in [1.82, 2.24) is 30.7 Å². The van der Waals surface area contributed by atoms with Gasteiger partial charge in [0.2, 0.25) is 0 Å². The molecule has 1 aromatic heterocycles. The van der Waals surface area contributed by atoms with Crippen LogP contribution in [-0.4, -0.2) is 40.4 Å². The van der Waals surface area contributed by atoms with Crippen LogP contribution in [0.1, 0.15) is 44.9 Å². The van der Waals surface area contributed by atoms with E-state index >= 15 is 0 Å². The Morgan fingerprint density at radius 1 is 1.38 bits per heavy atom. The first-order valence-electron chi connectivity index (χ1n) is 7.78. The topological polar surface area (TPSA) is 83.9 Å². The first-order valence-corrected chi connectivity index (χ1v) is 7.78. The summed E-state index contributed by atoms with van der Waals surface area (Å²) in [6, 6.07) is -0.247. The van der Waals surface area contributed by atoms with Gasteiger partial charge in [0.25, 0.3) is 0 Å². The van der Waals surface area contributed by atoms with Gasteiger partial charge in [-0.2, -0.15) is 0 Å². The molecular formula is C14H26N6O. The summed E-state index contributed by atoms with van der Waals surface area (Å²) in [5.74, 6) is 2.34. The van der Waals surface area contributed by atoms with E-state index in [-0.39, 0.29) is 12.1 Å². The standard InChI is InChI=1S/C14H26N6O/c1-4-16-14(21)17-11(9-10(2)3)13-19-18-12-5-6-15-7-8-20(12)13/h10-11,15H,4-9H2,1-3H3,(H2,16,17,21)/t11-/m0/s1. The first kappa shape index (κ1) is 15.8. The van der Waals surface area contributed by atoms with Gasteiger partial charge in [-0.1, -0.05) is 13.8 Å². The summed E-state index contributed by atoms with van der Waals surface area (Å²) in [6.07, 6.45) is 1.73. The number of rotatable bonds is 5. The van der Waals surface area contributed by atoms with Gasteiger partial charge in [0, 0.05) is 32.6 Å². The average molecular weight is 294 g/mol. The van der Waals surface area contributed by atoms with Crippen LogP contribution < -0.4 is 16.0 Å². The van der Waals surface area contributed by atoms with E-state index in [0.29, 0.717) is 12.5 Å². The summed E-state index contributed by atoms with van der Waals surface area (Å²) in [7, 11) is 0. The fourth-order valence-corrected chi connectivity index (χ4v) is 2.62. The number of nitrogens with zero attached hydrogens (tertiary/aromatic N) is 3. The molecule has 1 aromatic rings. The Kier molecular flexibility index (Phi) is 5.55. The van der Waals surface area contributed by atoms with Gasteiger partial charge < -0.3 is 20.5 Å². The zero-order valence-electron chi connectivity index (χ0n) is 13.1. The fourth-order valence-electron chi connectivity index (χ4n) is 2.62. The van der Waals surface area contributed by atoms with Gasteiger partial charge in [-0.05, 0) is 19.3 Å². The summed E-state index contributed by atoms with van der Waals surface area (Å²) < 4.78 is 2.15. The predicted molar refractivity (Wildman–Crippen MR) is 81.0 cm³/mol.